The molecule has 2 aromatic rings. The van der Waals surface area contributed by atoms with Crippen molar-refractivity contribution in [2.24, 2.45) is 0 Å². The molecule has 0 unspecified atom stereocenters. The summed E-state index contributed by atoms with van der Waals surface area (Å²) in [5.74, 6) is 1.74. The van der Waals surface area contributed by atoms with Crippen molar-refractivity contribution in [3.8, 4) is 0 Å². The van der Waals surface area contributed by atoms with E-state index in [1.807, 2.05) is 25.1 Å². The molecule has 3 rings (SSSR count). The van der Waals surface area contributed by atoms with Crippen molar-refractivity contribution in [3.05, 3.63) is 64.7 Å². The Morgan fingerprint density at radius 3 is 2.66 bits per heavy atom. The van der Waals surface area contributed by atoms with Gasteiger partial charge in [0.05, 0.1) is 11.4 Å². The molecule has 0 aromatic heterocycles. The number of benzene rings is 2. The molecule has 156 valence electrons. The summed E-state index contributed by atoms with van der Waals surface area (Å²) < 4.78 is 26.3. The van der Waals surface area contributed by atoms with Crippen molar-refractivity contribution < 1.29 is 13.2 Å². The fourth-order valence-corrected chi connectivity index (χ4v) is 6.00. The second-order valence-electron chi connectivity index (χ2n) is 7.33. The molecule has 1 aliphatic heterocycles. The highest BCUT2D eigenvalue weighted by Gasteiger charge is 2.27. The van der Waals surface area contributed by atoms with Gasteiger partial charge in [-0.2, -0.15) is 11.8 Å². The number of hydrogen-bond acceptors (Lipinski definition) is 4. The van der Waals surface area contributed by atoms with Gasteiger partial charge in [0.2, 0.25) is 10.0 Å². The van der Waals surface area contributed by atoms with Gasteiger partial charge in [0.15, 0.2) is 0 Å². The molecule has 1 fully saturated rings. The predicted octanol–water partition coefficient (Wildman–Crippen LogP) is 3.90. The third kappa shape index (κ3) is 5.54. The van der Waals surface area contributed by atoms with Gasteiger partial charge in [-0.15, -0.1) is 0 Å². The zero-order valence-electron chi connectivity index (χ0n) is 17.0. The van der Waals surface area contributed by atoms with Crippen LogP contribution in [0.4, 0.5) is 5.69 Å². The monoisotopic (exact) mass is 432 g/mol. The highest BCUT2D eigenvalue weighted by atomic mass is 32.2. The highest BCUT2D eigenvalue weighted by Crippen LogP contribution is 2.28. The lowest BCUT2D eigenvalue weighted by molar-refractivity contribution is 0.0956. The molecule has 0 saturated carbocycles. The number of nitrogens with zero attached hydrogens (tertiary/aromatic N) is 1. The smallest absolute Gasteiger partial charge is 0.251 e. The van der Waals surface area contributed by atoms with Crippen molar-refractivity contribution in [2.45, 2.75) is 32.4 Å². The van der Waals surface area contributed by atoms with E-state index in [-0.39, 0.29) is 11.7 Å². The highest BCUT2D eigenvalue weighted by molar-refractivity contribution is 7.98. The Morgan fingerprint density at radius 1 is 1.10 bits per heavy atom. The summed E-state index contributed by atoms with van der Waals surface area (Å²) in [5, 5.41) is 2.94. The van der Waals surface area contributed by atoms with E-state index in [1.165, 1.54) is 15.4 Å². The number of nitrogens with one attached hydrogen (secondary N) is 1. The number of aryl methyl sites for hydroxylation is 2. The van der Waals surface area contributed by atoms with Gasteiger partial charge < -0.3 is 5.32 Å². The molecule has 1 N–H and O–H groups in total. The summed E-state index contributed by atoms with van der Waals surface area (Å²) >= 11 is 1.78. The lowest BCUT2D eigenvalue weighted by Gasteiger charge is -2.29. The summed E-state index contributed by atoms with van der Waals surface area (Å²) in [6.07, 6.45) is 1.53. The number of thioether (sulfide) groups is 1. The van der Waals surface area contributed by atoms with Crippen LogP contribution in [0, 0.1) is 13.8 Å². The number of anilines is 1. The first kappa shape index (κ1) is 21.7. The Labute approximate surface area is 177 Å². The summed E-state index contributed by atoms with van der Waals surface area (Å²) in [5.41, 5.74) is 4.57. The van der Waals surface area contributed by atoms with Crippen LogP contribution in [0.3, 0.4) is 0 Å². The summed E-state index contributed by atoms with van der Waals surface area (Å²) in [6.45, 7) is 5.03. The molecule has 1 aliphatic rings. The van der Waals surface area contributed by atoms with E-state index < -0.39 is 10.0 Å². The molecule has 2 aromatic carbocycles. The fourth-order valence-electron chi connectivity index (χ4n) is 3.37. The molecular weight excluding hydrogens is 404 g/mol. The molecule has 7 heteroatoms. The van der Waals surface area contributed by atoms with Crippen LogP contribution in [0.15, 0.2) is 42.5 Å². The van der Waals surface area contributed by atoms with Gasteiger partial charge in [-0.25, -0.2) is 8.42 Å². The zero-order valence-corrected chi connectivity index (χ0v) is 18.6. The minimum atomic E-state index is -3.30. The van der Waals surface area contributed by atoms with Crippen molar-refractivity contribution in [2.75, 3.05) is 28.9 Å². The molecular formula is C22H28N2O3S2. The second kappa shape index (κ2) is 9.67. The van der Waals surface area contributed by atoms with E-state index in [2.05, 4.69) is 24.4 Å². The molecule has 0 atom stereocenters. The van der Waals surface area contributed by atoms with Gasteiger partial charge in [-0.1, -0.05) is 30.3 Å². The molecule has 1 heterocycles. The van der Waals surface area contributed by atoms with Crippen LogP contribution in [-0.2, 0) is 15.8 Å². The number of carbonyl (C=O) groups excluding carboxylic acids is 1. The number of carbonyl (C=O) groups is 1. The minimum Gasteiger partial charge on any atom is -0.351 e. The molecule has 0 aliphatic carbocycles. The van der Waals surface area contributed by atoms with Crippen LogP contribution in [0.5, 0.6) is 0 Å². The Balaban J connectivity index is 1.56. The first-order valence-electron chi connectivity index (χ1n) is 9.90. The van der Waals surface area contributed by atoms with Gasteiger partial charge in [0, 0.05) is 30.2 Å². The number of sulfonamides is 1. The number of rotatable bonds is 7. The van der Waals surface area contributed by atoms with Gasteiger partial charge in [-0.3, -0.25) is 9.10 Å². The molecule has 0 bridgehead atoms. The van der Waals surface area contributed by atoms with Gasteiger partial charge in [-0.05, 0) is 55.5 Å². The first-order chi connectivity index (χ1) is 13.9. The predicted molar refractivity (Wildman–Crippen MR) is 121 cm³/mol. The van der Waals surface area contributed by atoms with E-state index in [1.54, 1.807) is 23.9 Å². The van der Waals surface area contributed by atoms with E-state index >= 15 is 0 Å². The summed E-state index contributed by atoms with van der Waals surface area (Å²) in [4.78, 5) is 12.6. The van der Waals surface area contributed by atoms with Gasteiger partial charge >= 0.3 is 0 Å². The molecule has 1 amide bonds. The molecule has 0 radical (unpaired) electrons. The van der Waals surface area contributed by atoms with E-state index in [4.69, 9.17) is 0 Å². The maximum absolute atomic E-state index is 12.6. The van der Waals surface area contributed by atoms with Crippen molar-refractivity contribution in [3.63, 3.8) is 0 Å². The average molecular weight is 433 g/mol. The van der Waals surface area contributed by atoms with Gasteiger partial charge in [0.25, 0.3) is 5.91 Å². The third-order valence-corrected chi connectivity index (χ3v) is 8.00. The Kier molecular flexibility index (Phi) is 7.24. The largest absolute Gasteiger partial charge is 0.351 e. The Bertz CT molecular complexity index is 974. The minimum absolute atomic E-state index is 0.168. The Morgan fingerprint density at radius 2 is 1.90 bits per heavy atom. The van der Waals surface area contributed by atoms with Gasteiger partial charge in [0.1, 0.15) is 0 Å². The zero-order chi connectivity index (χ0) is 20.9. The molecule has 0 spiro atoms. The Hall–Kier alpha value is -1.99. The van der Waals surface area contributed by atoms with Crippen LogP contribution >= 0.6 is 11.8 Å². The van der Waals surface area contributed by atoms with Crippen LogP contribution in [0.1, 0.15) is 39.9 Å². The fraction of sp³-hybridized carbons (Fsp3) is 0.409. The lowest BCUT2D eigenvalue weighted by atomic mass is 10.1. The number of hydrogen-bond donors (Lipinski definition) is 1. The second-order valence-corrected chi connectivity index (χ2v) is 10.4. The van der Waals surface area contributed by atoms with E-state index in [9.17, 15) is 13.2 Å². The van der Waals surface area contributed by atoms with Crippen LogP contribution in [0.2, 0.25) is 0 Å². The SMILES string of the molecule is Cc1ccccc1CSCCNC(=O)c1ccc(C)c(N2CCCCS2(=O)=O)c1. The third-order valence-electron chi connectivity index (χ3n) is 5.14. The maximum Gasteiger partial charge on any atom is 0.251 e. The maximum atomic E-state index is 12.6. The first-order valence-corrected chi connectivity index (χ1v) is 12.7. The van der Waals surface area contributed by atoms with Crippen LogP contribution in [0.25, 0.3) is 0 Å². The molecule has 1 saturated heterocycles. The molecule has 29 heavy (non-hydrogen) atoms. The normalized spacial score (nSPS) is 15.9. The van der Waals surface area contributed by atoms with Crippen LogP contribution < -0.4 is 9.62 Å². The number of amides is 1. The average Bonchev–Trinajstić information content (AvgIpc) is 2.69. The topological polar surface area (TPSA) is 66.5 Å². The van der Waals surface area contributed by atoms with Crippen molar-refractivity contribution in [1.29, 1.82) is 0 Å². The van der Waals surface area contributed by atoms with Crippen molar-refractivity contribution in [1.82, 2.24) is 5.32 Å². The lowest BCUT2D eigenvalue weighted by Crippen LogP contribution is -2.38. The van der Waals surface area contributed by atoms with E-state index in [0.29, 0.717) is 30.8 Å². The molecule has 5 nitrogen and oxygen atoms in total. The van der Waals surface area contributed by atoms with E-state index in [0.717, 1.165) is 23.5 Å². The quantitative estimate of drug-likeness (QED) is 0.674. The summed E-state index contributed by atoms with van der Waals surface area (Å²) in [6, 6.07) is 13.6. The standard InChI is InChI=1S/C22H28N2O3S2/c1-17-7-3-4-8-20(17)16-28-13-11-23-22(25)19-10-9-18(2)21(15-19)24-12-5-6-14-29(24,26)27/h3-4,7-10,15H,5-6,11-14,16H2,1-2H3,(H,23,25). The summed E-state index contributed by atoms with van der Waals surface area (Å²) in [7, 11) is -3.30. The van der Waals surface area contributed by atoms with Crippen LogP contribution in [-0.4, -0.2) is 38.9 Å². The van der Waals surface area contributed by atoms with Crippen molar-refractivity contribution >= 4 is 33.4 Å².